The number of carbonyl (C=O) groups is 1. The van der Waals surface area contributed by atoms with Gasteiger partial charge in [-0.1, -0.05) is 72.8 Å². The summed E-state index contributed by atoms with van der Waals surface area (Å²) in [4.78, 5) is 12.8. The van der Waals surface area contributed by atoms with Crippen molar-refractivity contribution in [2.24, 2.45) is 0 Å². The number of amides is 1. The fourth-order valence-electron chi connectivity index (χ4n) is 3.96. The van der Waals surface area contributed by atoms with Crippen LogP contribution >= 0.6 is 0 Å². The maximum absolute atomic E-state index is 14.3. The van der Waals surface area contributed by atoms with E-state index in [9.17, 15) is 17.6 Å². The van der Waals surface area contributed by atoms with Crippen molar-refractivity contribution in [1.29, 1.82) is 0 Å². The third kappa shape index (κ3) is 5.26. The number of carbonyl (C=O) groups excluding carboxylic acids is 1. The van der Waals surface area contributed by atoms with Crippen molar-refractivity contribution in [3.63, 3.8) is 0 Å². The van der Waals surface area contributed by atoms with Crippen molar-refractivity contribution in [2.45, 2.75) is 12.8 Å². The quantitative estimate of drug-likeness (QED) is 0.410. The molecule has 0 radical (unpaired) electrons. The van der Waals surface area contributed by atoms with E-state index in [4.69, 9.17) is 0 Å². The van der Waals surface area contributed by atoms with Crippen LogP contribution in [-0.2, 0) is 14.8 Å². The van der Waals surface area contributed by atoms with Crippen LogP contribution in [0.1, 0.15) is 40.7 Å². The third-order valence-corrected chi connectivity index (χ3v) is 6.30. The molecular weight excluding hydrogens is 451 g/mol. The van der Waals surface area contributed by atoms with E-state index in [0.717, 1.165) is 34.1 Å². The fraction of sp³-hybridized carbons (Fsp3) is 0.148. The number of hydrogen-bond acceptors (Lipinski definition) is 3. The van der Waals surface area contributed by atoms with Gasteiger partial charge in [-0.25, -0.2) is 12.8 Å². The Morgan fingerprint density at radius 1 is 0.971 bits per heavy atom. The molecule has 3 aromatic carbocycles. The van der Waals surface area contributed by atoms with E-state index in [0.29, 0.717) is 12.1 Å². The average Bonchev–Trinajstić information content (AvgIpc) is 2.96. The third-order valence-electron chi connectivity index (χ3n) is 5.71. The molecule has 2 N–H and O–H groups in total. The molecule has 1 aliphatic carbocycles. The van der Waals surface area contributed by atoms with Crippen molar-refractivity contribution < 1.29 is 17.6 Å². The Balaban J connectivity index is 1.52. The van der Waals surface area contributed by atoms with Crippen LogP contribution in [0, 0.1) is 5.82 Å². The molecule has 1 aliphatic rings. The molecular formula is C27H25FN2O3S. The van der Waals surface area contributed by atoms with Crippen LogP contribution in [0.5, 0.6) is 0 Å². The van der Waals surface area contributed by atoms with E-state index in [-0.39, 0.29) is 11.6 Å². The summed E-state index contributed by atoms with van der Waals surface area (Å²) in [6, 6.07) is 20.3. The van der Waals surface area contributed by atoms with Crippen molar-refractivity contribution in [3.8, 4) is 0 Å². The van der Waals surface area contributed by atoms with Crippen molar-refractivity contribution in [3.05, 3.63) is 106 Å². The average molecular weight is 477 g/mol. The number of rotatable bonds is 6. The smallest absolute Gasteiger partial charge is 0.229 e. The number of hydrogen-bond donors (Lipinski definition) is 2. The topological polar surface area (TPSA) is 75.3 Å². The van der Waals surface area contributed by atoms with Crippen LogP contribution in [0.2, 0.25) is 0 Å². The van der Waals surface area contributed by atoms with Gasteiger partial charge in [0.05, 0.1) is 17.9 Å². The maximum Gasteiger partial charge on any atom is 0.229 e. The zero-order chi connectivity index (χ0) is 24.3. The normalized spacial score (nSPS) is 13.3. The summed E-state index contributed by atoms with van der Waals surface area (Å²) in [6.07, 6.45) is 7.13. The van der Waals surface area contributed by atoms with Gasteiger partial charge in [0.15, 0.2) is 0 Å². The van der Waals surface area contributed by atoms with Gasteiger partial charge >= 0.3 is 0 Å². The molecule has 0 aromatic heterocycles. The number of benzene rings is 3. The SMILES string of the molecule is CC(C(=O)NCC=C1c2ccccc2C=Cc2ccccc21)c1ccc(NS(C)(=O)=O)c(F)c1. The molecule has 5 nitrogen and oxygen atoms in total. The molecule has 0 bridgehead atoms. The van der Waals surface area contributed by atoms with E-state index in [1.165, 1.54) is 12.1 Å². The summed E-state index contributed by atoms with van der Waals surface area (Å²) >= 11 is 0. The number of sulfonamides is 1. The Morgan fingerprint density at radius 2 is 1.56 bits per heavy atom. The lowest BCUT2D eigenvalue weighted by Crippen LogP contribution is -2.28. The second-order valence-corrected chi connectivity index (χ2v) is 9.95. The van der Waals surface area contributed by atoms with E-state index in [2.05, 4.69) is 46.5 Å². The van der Waals surface area contributed by atoms with Gasteiger partial charge in [-0.15, -0.1) is 0 Å². The zero-order valence-electron chi connectivity index (χ0n) is 18.9. The molecule has 4 rings (SSSR count). The van der Waals surface area contributed by atoms with Gasteiger partial charge in [0, 0.05) is 6.54 Å². The number of fused-ring (bicyclic) bond motifs is 2. The lowest BCUT2D eigenvalue weighted by Gasteiger charge is -2.15. The second kappa shape index (κ2) is 9.65. The predicted octanol–water partition coefficient (Wildman–Crippen LogP) is 5.03. The van der Waals surface area contributed by atoms with Crippen LogP contribution in [0.4, 0.5) is 10.1 Å². The van der Waals surface area contributed by atoms with Crippen LogP contribution in [0.3, 0.4) is 0 Å². The van der Waals surface area contributed by atoms with Gasteiger partial charge in [-0.2, -0.15) is 0 Å². The summed E-state index contributed by atoms with van der Waals surface area (Å²) in [6.45, 7) is 1.98. The predicted molar refractivity (Wildman–Crippen MR) is 135 cm³/mol. The molecule has 0 saturated carbocycles. The molecule has 7 heteroatoms. The molecule has 0 fully saturated rings. The first-order valence-corrected chi connectivity index (χ1v) is 12.7. The number of nitrogens with one attached hydrogen (secondary N) is 2. The molecule has 34 heavy (non-hydrogen) atoms. The number of anilines is 1. The molecule has 0 spiro atoms. The first kappa shape index (κ1) is 23.4. The molecule has 1 atom stereocenters. The van der Waals surface area contributed by atoms with Crippen molar-refractivity contribution >= 4 is 39.3 Å². The highest BCUT2D eigenvalue weighted by molar-refractivity contribution is 7.92. The molecule has 1 amide bonds. The molecule has 1 unspecified atom stereocenters. The highest BCUT2D eigenvalue weighted by Gasteiger charge is 2.18. The van der Waals surface area contributed by atoms with Crippen LogP contribution < -0.4 is 10.0 Å². The molecule has 3 aromatic rings. The Labute approximate surface area is 199 Å². The minimum Gasteiger partial charge on any atom is -0.352 e. The van der Waals surface area contributed by atoms with Gasteiger partial charge in [-0.3, -0.25) is 9.52 Å². The van der Waals surface area contributed by atoms with Crippen LogP contribution in [0.25, 0.3) is 17.7 Å². The van der Waals surface area contributed by atoms with Gasteiger partial charge in [0.1, 0.15) is 5.82 Å². The van der Waals surface area contributed by atoms with Gasteiger partial charge in [-0.05, 0) is 52.4 Å². The lowest BCUT2D eigenvalue weighted by molar-refractivity contribution is -0.122. The molecule has 0 aliphatic heterocycles. The Bertz CT molecular complexity index is 1360. The molecule has 0 saturated heterocycles. The fourth-order valence-corrected chi connectivity index (χ4v) is 4.53. The standard InChI is InChI=1S/C27H25FN2O3S/c1-18(21-13-14-26(25(28)17-21)30-34(2,32)33)27(31)29-16-15-24-22-9-5-3-7-19(22)11-12-20-8-4-6-10-23(20)24/h3-15,17-18,30H,16H2,1-2H3,(H,29,31). The zero-order valence-corrected chi connectivity index (χ0v) is 19.7. The maximum atomic E-state index is 14.3. The van der Waals surface area contributed by atoms with E-state index < -0.39 is 21.8 Å². The summed E-state index contributed by atoms with van der Waals surface area (Å²) in [7, 11) is -3.60. The van der Waals surface area contributed by atoms with Crippen molar-refractivity contribution in [1.82, 2.24) is 5.32 Å². The Kier molecular flexibility index (Phi) is 6.65. The summed E-state index contributed by atoms with van der Waals surface area (Å²) in [5, 5.41) is 2.91. The van der Waals surface area contributed by atoms with E-state index >= 15 is 0 Å². The van der Waals surface area contributed by atoms with E-state index in [1.807, 2.05) is 30.3 Å². The number of halogens is 1. The minimum absolute atomic E-state index is 0.150. The lowest BCUT2D eigenvalue weighted by atomic mass is 9.93. The monoisotopic (exact) mass is 476 g/mol. The van der Waals surface area contributed by atoms with Crippen LogP contribution in [0.15, 0.2) is 72.8 Å². The highest BCUT2D eigenvalue weighted by Crippen LogP contribution is 2.33. The van der Waals surface area contributed by atoms with Gasteiger partial charge in [0.2, 0.25) is 15.9 Å². The first-order chi connectivity index (χ1) is 16.2. The largest absolute Gasteiger partial charge is 0.352 e. The highest BCUT2D eigenvalue weighted by atomic mass is 32.2. The Morgan fingerprint density at radius 3 is 2.12 bits per heavy atom. The summed E-state index contributed by atoms with van der Waals surface area (Å²) < 4.78 is 39.2. The molecule has 0 heterocycles. The minimum atomic E-state index is -3.60. The first-order valence-electron chi connectivity index (χ1n) is 10.8. The molecule has 174 valence electrons. The van der Waals surface area contributed by atoms with Crippen molar-refractivity contribution in [2.75, 3.05) is 17.5 Å². The Hall–Kier alpha value is -3.71. The van der Waals surface area contributed by atoms with Crippen LogP contribution in [-0.4, -0.2) is 27.1 Å². The second-order valence-electron chi connectivity index (χ2n) is 8.21. The van der Waals surface area contributed by atoms with Gasteiger partial charge in [0.25, 0.3) is 0 Å². The summed E-state index contributed by atoms with van der Waals surface area (Å²) in [5.74, 6) is -1.60. The van der Waals surface area contributed by atoms with E-state index in [1.54, 1.807) is 13.0 Å². The van der Waals surface area contributed by atoms with Gasteiger partial charge < -0.3 is 5.32 Å². The summed E-state index contributed by atoms with van der Waals surface area (Å²) in [5.41, 5.74) is 5.71.